The van der Waals surface area contributed by atoms with Crippen molar-refractivity contribution in [3.8, 4) is 5.75 Å². The van der Waals surface area contributed by atoms with E-state index in [1.165, 1.54) is 7.11 Å². The van der Waals surface area contributed by atoms with Crippen molar-refractivity contribution in [2.24, 2.45) is 7.05 Å². The van der Waals surface area contributed by atoms with Crippen LogP contribution < -0.4 is 4.74 Å². The number of nitrogens with zero attached hydrogens (tertiary/aromatic N) is 3. The first-order chi connectivity index (χ1) is 12.1. The zero-order chi connectivity index (χ0) is 19.1. The first kappa shape index (κ1) is 22.3. The molecule has 0 unspecified atom stereocenters. The molecule has 0 aliphatic carbocycles. The fraction of sp³-hybridized carbons (Fsp3) is 0.389. The molecule has 2 heterocycles. The van der Waals surface area contributed by atoms with Crippen molar-refractivity contribution in [3.63, 3.8) is 0 Å². The SMILES string of the molecule is CC.CON1C(=O)CCC1=O.COc1ccccc1.Cn1ccnc1. The van der Waals surface area contributed by atoms with E-state index in [4.69, 9.17) is 4.74 Å². The van der Waals surface area contributed by atoms with Gasteiger partial charge >= 0.3 is 0 Å². The Kier molecular flexibility index (Phi) is 12.3. The number of carbonyl (C=O) groups excluding carboxylic acids is 2. The maximum absolute atomic E-state index is 10.6. The van der Waals surface area contributed by atoms with Gasteiger partial charge < -0.3 is 9.30 Å². The molecule has 0 bridgehead atoms. The molecule has 1 fully saturated rings. The average Bonchev–Trinajstić information content (AvgIpc) is 3.27. The fourth-order valence-corrected chi connectivity index (χ4v) is 1.64. The van der Waals surface area contributed by atoms with Crippen molar-refractivity contribution >= 4 is 11.8 Å². The molecule has 0 atom stereocenters. The second-order valence-corrected chi connectivity index (χ2v) is 4.51. The number of aromatic nitrogens is 2. The van der Waals surface area contributed by atoms with E-state index in [9.17, 15) is 9.59 Å². The summed E-state index contributed by atoms with van der Waals surface area (Å²) in [7, 11) is 4.91. The summed E-state index contributed by atoms with van der Waals surface area (Å²) in [6.45, 7) is 4.00. The summed E-state index contributed by atoms with van der Waals surface area (Å²) >= 11 is 0. The molecule has 0 spiro atoms. The van der Waals surface area contributed by atoms with Gasteiger partial charge in [-0.15, -0.1) is 0 Å². The van der Waals surface area contributed by atoms with Gasteiger partial charge in [-0.3, -0.25) is 14.4 Å². The van der Waals surface area contributed by atoms with Gasteiger partial charge in [-0.05, 0) is 12.1 Å². The maximum Gasteiger partial charge on any atom is 0.253 e. The van der Waals surface area contributed by atoms with Crippen molar-refractivity contribution in [2.75, 3.05) is 14.2 Å². The lowest BCUT2D eigenvalue weighted by molar-refractivity contribution is -0.179. The minimum Gasteiger partial charge on any atom is -0.497 e. The fourth-order valence-electron chi connectivity index (χ4n) is 1.64. The predicted octanol–water partition coefficient (Wildman–Crippen LogP) is 2.84. The van der Waals surface area contributed by atoms with Crippen LogP contribution >= 0.6 is 0 Å². The average molecular weight is 349 g/mol. The van der Waals surface area contributed by atoms with Gasteiger partial charge in [0, 0.05) is 32.3 Å². The lowest BCUT2D eigenvalue weighted by Gasteiger charge is -2.07. The molecule has 2 aromatic rings. The Bertz CT molecular complexity index is 570. The summed E-state index contributed by atoms with van der Waals surface area (Å²) in [4.78, 5) is 29.4. The number of ether oxygens (including phenoxy) is 1. The van der Waals surface area contributed by atoms with Crippen LogP contribution in [0.15, 0.2) is 49.1 Å². The van der Waals surface area contributed by atoms with Crippen LogP contribution in [0.5, 0.6) is 5.75 Å². The topological polar surface area (TPSA) is 73.7 Å². The molecule has 0 saturated carbocycles. The van der Waals surface area contributed by atoms with Crippen molar-refractivity contribution in [1.29, 1.82) is 0 Å². The van der Waals surface area contributed by atoms with Gasteiger partial charge in [-0.1, -0.05) is 32.0 Å². The van der Waals surface area contributed by atoms with Gasteiger partial charge in [0.15, 0.2) is 0 Å². The molecule has 3 rings (SSSR count). The molecule has 7 nitrogen and oxygen atoms in total. The standard InChI is InChI=1S/C7H8O.C5H7NO3.C4H6N2.C2H6/c1-8-7-5-3-2-4-6-7;1-9-6-4(7)2-3-5(6)8;1-6-3-2-5-4-6;1-2/h2-6H,1H3;2-3H2,1H3;2-4H,1H3;1-2H3. The number of hydrogen-bond acceptors (Lipinski definition) is 5. The van der Waals surface area contributed by atoms with E-state index in [1.807, 2.05) is 62.0 Å². The number of rotatable bonds is 2. The summed E-state index contributed by atoms with van der Waals surface area (Å²) < 4.78 is 6.80. The summed E-state index contributed by atoms with van der Waals surface area (Å²) in [5, 5.41) is 0.792. The monoisotopic (exact) mass is 349 g/mol. The number of benzene rings is 1. The minimum atomic E-state index is -0.248. The highest BCUT2D eigenvalue weighted by Gasteiger charge is 2.28. The molecule has 2 amide bonds. The summed E-state index contributed by atoms with van der Waals surface area (Å²) in [5.41, 5.74) is 0. The second-order valence-electron chi connectivity index (χ2n) is 4.51. The van der Waals surface area contributed by atoms with E-state index < -0.39 is 0 Å². The van der Waals surface area contributed by atoms with E-state index in [0.29, 0.717) is 0 Å². The minimum absolute atomic E-state index is 0.248. The number of amides is 2. The summed E-state index contributed by atoms with van der Waals surface area (Å²) in [5.74, 6) is 0.414. The Morgan fingerprint density at radius 3 is 1.80 bits per heavy atom. The molecule has 1 aromatic heterocycles. The van der Waals surface area contributed by atoms with Crippen molar-refractivity contribution in [3.05, 3.63) is 49.1 Å². The number of methoxy groups -OCH3 is 1. The van der Waals surface area contributed by atoms with Gasteiger partial charge in [0.1, 0.15) is 5.75 Å². The number of para-hydroxylation sites is 1. The molecular formula is C18H27N3O4. The van der Waals surface area contributed by atoms with Crippen LogP contribution in [0.4, 0.5) is 0 Å². The van der Waals surface area contributed by atoms with Crippen LogP contribution in [0.25, 0.3) is 0 Å². The smallest absolute Gasteiger partial charge is 0.253 e. The van der Waals surface area contributed by atoms with Crippen LogP contribution in [-0.2, 0) is 21.5 Å². The Hall–Kier alpha value is -2.67. The van der Waals surface area contributed by atoms with E-state index >= 15 is 0 Å². The van der Waals surface area contributed by atoms with E-state index in [0.717, 1.165) is 10.8 Å². The number of imide groups is 1. The highest BCUT2D eigenvalue weighted by Crippen LogP contribution is 2.10. The lowest BCUT2D eigenvalue weighted by atomic mass is 10.3. The van der Waals surface area contributed by atoms with Gasteiger partial charge in [0.25, 0.3) is 11.8 Å². The summed E-state index contributed by atoms with van der Waals surface area (Å²) in [6.07, 6.45) is 5.96. The van der Waals surface area contributed by atoms with E-state index in [1.54, 1.807) is 19.6 Å². The third-order valence-electron chi connectivity index (χ3n) is 2.80. The number of carbonyl (C=O) groups is 2. The molecule has 1 saturated heterocycles. The molecule has 7 heteroatoms. The molecule has 138 valence electrons. The second kappa shape index (κ2) is 13.7. The molecule has 1 aliphatic heterocycles. The Morgan fingerprint density at radius 2 is 1.56 bits per heavy atom. The molecule has 0 radical (unpaired) electrons. The Morgan fingerprint density at radius 1 is 1.00 bits per heavy atom. The molecule has 0 N–H and O–H groups in total. The van der Waals surface area contributed by atoms with Crippen molar-refractivity contribution in [1.82, 2.24) is 14.6 Å². The van der Waals surface area contributed by atoms with E-state index in [-0.39, 0.29) is 24.7 Å². The van der Waals surface area contributed by atoms with Crippen LogP contribution in [0.2, 0.25) is 0 Å². The third-order valence-corrected chi connectivity index (χ3v) is 2.80. The highest BCUT2D eigenvalue weighted by atomic mass is 16.7. The number of hydrogen-bond donors (Lipinski definition) is 0. The zero-order valence-electron chi connectivity index (χ0n) is 15.5. The quantitative estimate of drug-likeness (QED) is 0.780. The summed E-state index contributed by atoms with van der Waals surface area (Å²) in [6, 6.07) is 9.68. The van der Waals surface area contributed by atoms with Crippen LogP contribution in [0, 0.1) is 0 Å². The van der Waals surface area contributed by atoms with E-state index in [2.05, 4.69) is 9.82 Å². The maximum atomic E-state index is 10.6. The van der Waals surface area contributed by atoms with Crippen LogP contribution in [0.3, 0.4) is 0 Å². The molecule has 1 aliphatic rings. The number of hydroxylamine groups is 2. The highest BCUT2D eigenvalue weighted by molar-refractivity contribution is 6.00. The van der Waals surface area contributed by atoms with Crippen molar-refractivity contribution in [2.45, 2.75) is 26.7 Å². The largest absolute Gasteiger partial charge is 0.497 e. The third kappa shape index (κ3) is 9.26. The molecule has 1 aromatic carbocycles. The van der Waals surface area contributed by atoms with Crippen LogP contribution in [-0.4, -0.2) is 40.6 Å². The normalized spacial score (nSPS) is 12.1. The first-order valence-electron chi connectivity index (χ1n) is 7.99. The number of imidazole rings is 1. The van der Waals surface area contributed by atoms with Gasteiger partial charge in [-0.2, -0.15) is 5.06 Å². The molecule has 25 heavy (non-hydrogen) atoms. The molecular weight excluding hydrogens is 322 g/mol. The first-order valence-corrected chi connectivity index (χ1v) is 7.99. The predicted molar refractivity (Wildman–Crippen MR) is 95.6 cm³/mol. The lowest BCUT2D eigenvalue weighted by Crippen LogP contribution is -2.27. The van der Waals surface area contributed by atoms with Gasteiger partial charge in [0.2, 0.25) is 0 Å². The van der Waals surface area contributed by atoms with Crippen LogP contribution in [0.1, 0.15) is 26.7 Å². The number of aryl methyl sites for hydroxylation is 1. The van der Waals surface area contributed by atoms with Gasteiger partial charge in [0.05, 0.1) is 20.5 Å². The zero-order valence-corrected chi connectivity index (χ0v) is 15.5. The van der Waals surface area contributed by atoms with Gasteiger partial charge in [-0.25, -0.2) is 4.98 Å². The Labute approximate surface area is 149 Å². The Balaban J connectivity index is 0.000000334. The van der Waals surface area contributed by atoms with Crippen molar-refractivity contribution < 1.29 is 19.2 Å².